The van der Waals surface area contributed by atoms with E-state index in [-0.39, 0.29) is 0 Å². The van der Waals surface area contributed by atoms with Gasteiger partial charge >= 0.3 is 0 Å². The van der Waals surface area contributed by atoms with Crippen LogP contribution < -0.4 is 21.9 Å². The topological polar surface area (TPSA) is 93.1 Å². The van der Waals surface area contributed by atoms with Crippen LogP contribution in [0.5, 0.6) is 0 Å². The SMILES string of the molecule is CC(C)CN(CC(C)C)c1ncnc(NN)c1N. The Kier molecular flexibility index (Phi) is 5.15. The molecule has 6 heteroatoms. The summed E-state index contributed by atoms with van der Waals surface area (Å²) in [5.74, 6) is 7.67. The molecule has 0 aliphatic rings. The van der Waals surface area contributed by atoms with E-state index in [2.05, 4.69) is 48.0 Å². The summed E-state index contributed by atoms with van der Waals surface area (Å²) in [5, 5.41) is 0. The molecule has 0 saturated carbocycles. The van der Waals surface area contributed by atoms with Crippen LogP contribution in [0.25, 0.3) is 0 Å². The summed E-state index contributed by atoms with van der Waals surface area (Å²) in [7, 11) is 0. The van der Waals surface area contributed by atoms with Gasteiger partial charge in [0.1, 0.15) is 12.0 Å². The van der Waals surface area contributed by atoms with Gasteiger partial charge in [-0.3, -0.25) is 0 Å². The Hall–Kier alpha value is -1.56. The Morgan fingerprint density at radius 3 is 2.17 bits per heavy atom. The van der Waals surface area contributed by atoms with Crippen LogP contribution in [0.15, 0.2) is 6.33 Å². The van der Waals surface area contributed by atoms with Crippen molar-refractivity contribution >= 4 is 17.3 Å². The highest BCUT2D eigenvalue weighted by Crippen LogP contribution is 2.26. The van der Waals surface area contributed by atoms with Crippen molar-refractivity contribution in [2.45, 2.75) is 27.7 Å². The lowest BCUT2D eigenvalue weighted by molar-refractivity contribution is 0.549. The second-order valence-electron chi connectivity index (χ2n) is 5.30. The Bertz CT molecular complexity index is 367. The zero-order valence-corrected chi connectivity index (χ0v) is 11.6. The third-order valence-electron chi connectivity index (χ3n) is 2.47. The van der Waals surface area contributed by atoms with Crippen molar-refractivity contribution in [1.82, 2.24) is 9.97 Å². The monoisotopic (exact) mass is 252 g/mol. The van der Waals surface area contributed by atoms with Gasteiger partial charge < -0.3 is 16.1 Å². The van der Waals surface area contributed by atoms with E-state index in [1.807, 2.05) is 0 Å². The molecule has 0 unspecified atom stereocenters. The third-order valence-corrected chi connectivity index (χ3v) is 2.47. The van der Waals surface area contributed by atoms with Crippen molar-refractivity contribution in [2.24, 2.45) is 17.7 Å². The summed E-state index contributed by atoms with van der Waals surface area (Å²) in [6.07, 6.45) is 1.48. The minimum absolute atomic E-state index is 0.470. The smallest absolute Gasteiger partial charge is 0.168 e. The molecule has 0 amide bonds. The molecule has 1 rings (SSSR count). The summed E-state index contributed by atoms with van der Waals surface area (Å²) in [4.78, 5) is 10.5. The van der Waals surface area contributed by atoms with Crippen LogP contribution in [0.3, 0.4) is 0 Å². The first-order valence-corrected chi connectivity index (χ1v) is 6.27. The van der Waals surface area contributed by atoms with E-state index in [0.29, 0.717) is 23.3 Å². The number of nitrogen functional groups attached to an aromatic ring is 2. The van der Waals surface area contributed by atoms with E-state index in [1.165, 1.54) is 6.33 Å². The van der Waals surface area contributed by atoms with Gasteiger partial charge in [0.2, 0.25) is 0 Å². The molecular formula is C12H24N6. The van der Waals surface area contributed by atoms with Crippen molar-refractivity contribution < 1.29 is 0 Å². The molecule has 1 heterocycles. The molecule has 0 atom stereocenters. The molecule has 0 radical (unpaired) electrons. The number of rotatable bonds is 6. The van der Waals surface area contributed by atoms with Crippen LogP contribution in [0.2, 0.25) is 0 Å². The zero-order chi connectivity index (χ0) is 13.7. The number of nitrogens with two attached hydrogens (primary N) is 2. The predicted molar refractivity (Wildman–Crippen MR) is 76.1 cm³/mol. The molecule has 102 valence electrons. The third kappa shape index (κ3) is 3.73. The number of aromatic nitrogens is 2. The zero-order valence-electron chi connectivity index (χ0n) is 11.6. The van der Waals surface area contributed by atoms with Gasteiger partial charge in [-0.2, -0.15) is 0 Å². The number of nitrogens with zero attached hydrogens (tertiary/aromatic N) is 3. The maximum atomic E-state index is 6.04. The fourth-order valence-corrected chi connectivity index (χ4v) is 1.88. The fraction of sp³-hybridized carbons (Fsp3) is 0.667. The van der Waals surface area contributed by atoms with Gasteiger partial charge in [0.15, 0.2) is 11.6 Å². The van der Waals surface area contributed by atoms with Gasteiger partial charge in [-0.1, -0.05) is 27.7 Å². The minimum Gasteiger partial charge on any atom is -0.393 e. The molecule has 0 aliphatic heterocycles. The first-order valence-electron chi connectivity index (χ1n) is 6.27. The molecule has 0 fully saturated rings. The van der Waals surface area contributed by atoms with Crippen molar-refractivity contribution in [3.63, 3.8) is 0 Å². The maximum Gasteiger partial charge on any atom is 0.168 e. The molecule has 0 aliphatic carbocycles. The molecule has 1 aromatic rings. The van der Waals surface area contributed by atoms with Gasteiger partial charge in [-0.25, -0.2) is 15.8 Å². The van der Waals surface area contributed by atoms with E-state index in [4.69, 9.17) is 11.6 Å². The molecule has 0 bridgehead atoms. The van der Waals surface area contributed by atoms with Gasteiger partial charge in [0.05, 0.1) is 0 Å². The molecule has 1 aromatic heterocycles. The normalized spacial score (nSPS) is 11.1. The summed E-state index contributed by atoms with van der Waals surface area (Å²) in [6.45, 7) is 10.5. The van der Waals surface area contributed by atoms with Crippen LogP contribution in [0.1, 0.15) is 27.7 Å². The lowest BCUT2D eigenvalue weighted by Crippen LogP contribution is -2.33. The Balaban J connectivity index is 3.03. The molecule has 18 heavy (non-hydrogen) atoms. The molecular weight excluding hydrogens is 228 g/mol. The van der Waals surface area contributed by atoms with Gasteiger partial charge in [-0.05, 0) is 11.8 Å². The molecule has 0 saturated heterocycles. The molecule has 0 spiro atoms. The van der Waals surface area contributed by atoms with E-state index in [0.717, 1.165) is 18.9 Å². The largest absolute Gasteiger partial charge is 0.393 e. The Morgan fingerprint density at radius 1 is 1.17 bits per heavy atom. The van der Waals surface area contributed by atoms with Crippen molar-refractivity contribution in [1.29, 1.82) is 0 Å². The van der Waals surface area contributed by atoms with Crippen LogP contribution in [-0.2, 0) is 0 Å². The van der Waals surface area contributed by atoms with Crippen LogP contribution in [-0.4, -0.2) is 23.1 Å². The molecule has 0 aromatic carbocycles. The van der Waals surface area contributed by atoms with Gasteiger partial charge in [0.25, 0.3) is 0 Å². The van der Waals surface area contributed by atoms with Crippen molar-refractivity contribution in [3.05, 3.63) is 6.33 Å². The van der Waals surface area contributed by atoms with Gasteiger partial charge in [0, 0.05) is 13.1 Å². The van der Waals surface area contributed by atoms with E-state index in [1.54, 1.807) is 0 Å². The Morgan fingerprint density at radius 2 is 1.72 bits per heavy atom. The van der Waals surface area contributed by atoms with Crippen LogP contribution >= 0.6 is 0 Å². The van der Waals surface area contributed by atoms with E-state index in [9.17, 15) is 0 Å². The van der Waals surface area contributed by atoms with E-state index < -0.39 is 0 Å². The number of hydrogen-bond donors (Lipinski definition) is 3. The number of hydrogen-bond acceptors (Lipinski definition) is 6. The lowest BCUT2D eigenvalue weighted by Gasteiger charge is -2.28. The highest BCUT2D eigenvalue weighted by atomic mass is 15.3. The highest BCUT2D eigenvalue weighted by molar-refractivity contribution is 5.74. The standard InChI is InChI=1S/C12H24N6/c1-8(2)5-18(6-9(3)4)12-10(13)11(17-14)15-7-16-12/h7-9H,5-6,13-14H2,1-4H3,(H,15,16,17). The number of anilines is 3. The number of hydrazine groups is 1. The van der Waals surface area contributed by atoms with E-state index >= 15 is 0 Å². The summed E-state index contributed by atoms with van der Waals surface area (Å²) >= 11 is 0. The Labute approximate surface area is 109 Å². The summed E-state index contributed by atoms with van der Waals surface area (Å²) in [5.41, 5.74) is 9.03. The van der Waals surface area contributed by atoms with Crippen molar-refractivity contribution in [2.75, 3.05) is 29.1 Å². The molecule has 5 N–H and O–H groups in total. The molecule has 6 nitrogen and oxygen atoms in total. The lowest BCUT2D eigenvalue weighted by atomic mass is 10.1. The minimum atomic E-state index is 0.470. The number of nitrogens with one attached hydrogen (secondary N) is 1. The predicted octanol–water partition coefficient (Wildman–Crippen LogP) is 1.46. The summed E-state index contributed by atoms with van der Waals surface area (Å²) in [6, 6.07) is 0. The average molecular weight is 252 g/mol. The average Bonchev–Trinajstić information content (AvgIpc) is 2.27. The van der Waals surface area contributed by atoms with Crippen LogP contribution in [0, 0.1) is 11.8 Å². The van der Waals surface area contributed by atoms with Crippen molar-refractivity contribution in [3.8, 4) is 0 Å². The second-order valence-corrected chi connectivity index (χ2v) is 5.30. The van der Waals surface area contributed by atoms with Gasteiger partial charge in [-0.15, -0.1) is 0 Å². The summed E-state index contributed by atoms with van der Waals surface area (Å²) < 4.78 is 0. The first kappa shape index (κ1) is 14.5. The quantitative estimate of drug-likeness (QED) is 0.524. The maximum absolute atomic E-state index is 6.04. The second kappa shape index (κ2) is 6.39. The highest BCUT2D eigenvalue weighted by Gasteiger charge is 2.16. The first-order chi connectivity index (χ1) is 8.45. The fourth-order valence-electron chi connectivity index (χ4n) is 1.88. The van der Waals surface area contributed by atoms with Crippen LogP contribution in [0.4, 0.5) is 17.3 Å².